The summed E-state index contributed by atoms with van der Waals surface area (Å²) in [5.74, 6) is -1.70. The number of rotatable bonds is 10. The van der Waals surface area contributed by atoms with Gasteiger partial charge in [-0.2, -0.15) is 10.2 Å². The number of carbonyl (C=O) groups is 3. The first-order valence-corrected chi connectivity index (χ1v) is 18.2. The molecule has 10 nitrogen and oxygen atoms in total. The lowest BCUT2D eigenvalue weighted by Crippen LogP contribution is -2.27. The summed E-state index contributed by atoms with van der Waals surface area (Å²) < 4.78 is 0. The Bertz CT molecular complexity index is 2730. The second-order valence-corrected chi connectivity index (χ2v) is 13.3. The smallest absolute Gasteiger partial charge is 0.259 e. The lowest BCUT2D eigenvalue weighted by atomic mass is 9.87. The fourth-order valence-corrected chi connectivity index (χ4v) is 6.54. The van der Waals surface area contributed by atoms with Crippen molar-refractivity contribution >= 4 is 51.5 Å². The van der Waals surface area contributed by atoms with Gasteiger partial charge >= 0.3 is 0 Å². The number of fused-ring (bicyclic) bond motifs is 2. The maximum Gasteiger partial charge on any atom is 0.259 e. The normalized spacial score (nSPS) is 15.6. The van der Waals surface area contributed by atoms with E-state index >= 15 is 0 Å². The van der Waals surface area contributed by atoms with Crippen molar-refractivity contribution in [2.75, 3.05) is 10.6 Å². The minimum absolute atomic E-state index is 0.00939. The molecule has 0 spiro atoms. The number of phenols is 1. The highest BCUT2D eigenvalue weighted by Crippen LogP contribution is 2.39. The van der Waals surface area contributed by atoms with E-state index in [-0.39, 0.29) is 22.6 Å². The molecule has 5 aromatic rings. The van der Waals surface area contributed by atoms with Gasteiger partial charge in [0.1, 0.15) is 17.8 Å². The summed E-state index contributed by atoms with van der Waals surface area (Å²) in [6.45, 7) is 0. The number of aromatic hydroxyl groups is 1. The van der Waals surface area contributed by atoms with Crippen LogP contribution in [-0.2, 0) is 16.0 Å². The molecule has 0 aliphatic heterocycles. The highest BCUT2D eigenvalue weighted by atomic mass is 16.3. The number of phenolic OH excluding ortho intramolecular Hbond substituents is 1. The third-order valence-corrected chi connectivity index (χ3v) is 9.49. The zero-order valence-corrected chi connectivity index (χ0v) is 30.4. The van der Waals surface area contributed by atoms with Crippen molar-refractivity contribution in [3.05, 3.63) is 202 Å². The molecule has 274 valence electrons. The third kappa shape index (κ3) is 8.13. The summed E-state index contributed by atoms with van der Waals surface area (Å²) in [4.78, 5) is 40.5. The summed E-state index contributed by atoms with van der Waals surface area (Å²) in [5, 5.41) is 35.6. The molecule has 0 fully saturated rings. The molecule has 0 bridgehead atoms. The van der Waals surface area contributed by atoms with Crippen molar-refractivity contribution in [2.24, 2.45) is 20.5 Å². The van der Waals surface area contributed by atoms with Gasteiger partial charge in [0.05, 0.1) is 29.0 Å². The minimum Gasteiger partial charge on any atom is -0.505 e. The average Bonchev–Trinajstić information content (AvgIpc) is 3.24. The van der Waals surface area contributed by atoms with E-state index in [2.05, 4.69) is 42.9 Å². The van der Waals surface area contributed by atoms with E-state index in [0.29, 0.717) is 46.6 Å². The highest BCUT2D eigenvalue weighted by Gasteiger charge is 2.33. The predicted molar refractivity (Wildman–Crippen MR) is 220 cm³/mol. The van der Waals surface area contributed by atoms with Gasteiger partial charge in [-0.3, -0.25) is 14.4 Å². The molecule has 5 aromatic carbocycles. The zero-order chi connectivity index (χ0) is 39.1. The largest absolute Gasteiger partial charge is 0.505 e. The molecule has 3 N–H and O–H groups in total. The Balaban J connectivity index is 0.914. The first-order chi connectivity index (χ1) is 27.9. The van der Waals surface area contributed by atoms with E-state index in [4.69, 9.17) is 0 Å². The zero-order valence-electron chi connectivity index (χ0n) is 30.4. The Morgan fingerprint density at radius 3 is 2.26 bits per heavy atom. The molecule has 2 amide bonds. The van der Waals surface area contributed by atoms with E-state index in [1.54, 1.807) is 72.9 Å². The number of benzene rings is 5. The van der Waals surface area contributed by atoms with Crippen LogP contribution in [0.1, 0.15) is 45.1 Å². The Hall–Kier alpha value is -7.90. The highest BCUT2D eigenvalue weighted by molar-refractivity contribution is 6.29. The number of ketones is 1. The molecule has 10 heteroatoms. The first-order valence-electron chi connectivity index (χ1n) is 18.2. The van der Waals surface area contributed by atoms with Crippen LogP contribution in [0, 0.1) is 6.08 Å². The van der Waals surface area contributed by atoms with Gasteiger partial charge in [0.15, 0.2) is 23.3 Å². The standard InChI is InChI=1S/C47H32N6O4/c54-44-40(28-32-11-7-9-17-38(32)42(44)52-50-36-13-3-1-4-14-36)46(56)48-34-23-19-30(20-24-34)27-31-21-25-35(26-22-31)49-47(57)41-29-33-12-8-10-18-39(33)43(45(41)55)53-51-37-15-5-2-6-16-37/h3-15,17-26,28-29,43H,16,27H2,(H2-,48,49,50,54,56,57)/p+1. The van der Waals surface area contributed by atoms with Crippen LogP contribution in [0.5, 0.6) is 5.75 Å². The number of nitrogens with one attached hydrogen (secondary N) is 2. The fraction of sp³-hybridized carbons (Fsp3) is 0.0638. The Kier molecular flexibility index (Phi) is 10.3. The average molecular weight is 746 g/mol. The lowest BCUT2D eigenvalue weighted by Gasteiger charge is -2.20. The Morgan fingerprint density at radius 2 is 1.54 bits per heavy atom. The molecule has 3 aliphatic carbocycles. The van der Waals surface area contributed by atoms with Crippen LogP contribution in [0.2, 0.25) is 0 Å². The topological polar surface area (TPSA) is 145 Å². The number of anilines is 2. The van der Waals surface area contributed by atoms with Crippen LogP contribution in [-0.4, -0.2) is 22.7 Å². The molecule has 0 aromatic heterocycles. The number of carbonyl (C=O) groups excluding carboxylic acids is 3. The number of amides is 2. The first kappa shape index (κ1) is 36.1. The van der Waals surface area contributed by atoms with Crippen molar-refractivity contribution in [1.82, 2.24) is 0 Å². The molecule has 8 rings (SSSR count). The van der Waals surface area contributed by atoms with Crippen LogP contribution in [0.4, 0.5) is 17.1 Å². The number of hydrogen-bond acceptors (Lipinski definition) is 8. The van der Waals surface area contributed by atoms with Crippen molar-refractivity contribution < 1.29 is 19.5 Å². The predicted octanol–water partition coefficient (Wildman–Crippen LogP) is 10.4. The lowest BCUT2D eigenvalue weighted by molar-refractivity contribution is -0.121. The second kappa shape index (κ2) is 16.2. The number of nitrogens with zero attached hydrogens (tertiary/aromatic N) is 4. The number of azo groups is 2. The maximum atomic E-state index is 13.6. The van der Waals surface area contributed by atoms with Gasteiger partial charge < -0.3 is 15.7 Å². The third-order valence-electron chi connectivity index (χ3n) is 9.49. The van der Waals surface area contributed by atoms with Crippen LogP contribution < -0.4 is 10.6 Å². The summed E-state index contributed by atoms with van der Waals surface area (Å²) in [5.41, 5.74) is 9.08. The van der Waals surface area contributed by atoms with Gasteiger partial charge in [0, 0.05) is 29.3 Å². The summed E-state index contributed by atoms with van der Waals surface area (Å²) in [6.07, 6.45) is 18.0. The monoisotopic (exact) mass is 745 g/mol. The van der Waals surface area contributed by atoms with E-state index in [9.17, 15) is 19.5 Å². The quantitative estimate of drug-likeness (QED) is 0.0565. The minimum atomic E-state index is -0.926. The van der Waals surface area contributed by atoms with Gasteiger partial charge in [-0.15, -0.1) is 16.0 Å². The summed E-state index contributed by atoms with van der Waals surface area (Å²) in [6, 6.07) is 30.2. The van der Waals surface area contributed by atoms with Crippen molar-refractivity contribution in [3.8, 4) is 5.75 Å². The molecular formula is C47H33N6O4+. The number of allylic oxidation sites excluding steroid dienone is 7. The van der Waals surface area contributed by atoms with Crippen LogP contribution >= 0.6 is 0 Å². The van der Waals surface area contributed by atoms with E-state index in [1.165, 1.54) is 0 Å². The SMILES string of the molecule is O=C(Nc1ccc(Cc2ccc(NC(=O)c3cc4ccccc4c(N=NC4=CC=[C+]C=C4)c3O)cc2)cc1)C1=Cc2ccccc2C(N=NC2=CC=C=CC2)C1=O. The molecule has 0 saturated heterocycles. The summed E-state index contributed by atoms with van der Waals surface area (Å²) >= 11 is 0. The Morgan fingerprint density at radius 1 is 0.825 bits per heavy atom. The van der Waals surface area contributed by atoms with Crippen LogP contribution in [0.3, 0.4) is 0 Å². The molecule has 0 radical (unpaired) electrons. The second-order valence-electron chi connectivity index (χ2n) is 13.3. The summed E-state index contributed by atoms with van der Waals surface area (Å²) in [7, 11) is 0. The maximum absolute atomic E-state index is 13.6. The van der Waals surface area contributed by atoms with Gasteiger partial charge in [-0.05, 0) is 88.7 Å². The van der Waals surface area contributed by atoms with Gasteiger partial charge in [-0.1, -0.05) is 72.8 Å². The number of hydrogen-bond donors (Lipinski definition) is 3. The van der Waals surface area contributed by atoms with E-state index < -0.39 is 23.6 Å². The molecule has 3 aliphatic rings. The fourth-order valence-electron chi connectivity index (χ4n) is 6.54. The van der Waals surface area contributed by atoms with Crippen molar-refractivity contribution in [1.29, 1.82) is 0 Å². The molecule has 1 atom stereocenters. The number of Topliss-reactive ketones (excluding diaryl/α,β-unsaturated/α-hetero) is 1. The van der Waals surface area contributed by atoms with Gasteiger partial charge in [-0.25, -0.2) is 0 Å². The van der Waals surface area contributed by atoms with Crippen LogP contribution in [0.25, 0.3) is 16.8 Å². The molecular weight excluding hydrogens is 713 g/mol. The molecule has 57 heavy (non-hydrogen) atoms. The van der Waals surface area contributed by atoms with Crippen molar-refractivity contribution in [3.63, 3.8) is 0 Å². The van der Waals surface area contributed by atoms with Crippen molar-refractivity contribution in [2.45, 2.75) is 18.9 Å². The molecule has 0 saturated carbocycles. The van der Waals surface area contributed by atoms with Gasteiger partial charge in [0.25, 0.3) is 11.8 Å². The van der Waals surface area contributed by atoms with E-state index in [1.807, 2.05) is 78.9 Å². The molecule has 1 unspecified atom stereocenters. The Labute approximate surface area is 328 Å². The van der Waals surface area contributed by atoms with E-state index in [0.717, 1.165) is 22.1 Å². The molecule has 0 heterocycles. The van der Waals surface area contributed by atoms with Gasteiger partial charge in [0.2, 0.25) is 0 Å². The van der Waals surface area contributed by atoms with Crippen LogP contribution in [0.15, 0.2) is 189 Å².